The SMILES string of the molecule is C1=CC2=C(CC1)Oc1ccccc1N2c1ccc2c(-c3cccnc3)cc(-c3cccnc3)nc2c1. The molecule has 0 fully saturated rings. The molecular formula is C31H22N4O. The van der Waals surface area contributed by atoms with E-state index in [1.807, 2.05) is 48.8 Å². The van der Waals surface area contributed by atoms with Gasteiger partial charge in [-0.25, -0.2) is 4.98 Å². The lowest BCUT2D eigenvalue weighted by Gasteiger charge is -2.35. The zero-order valence-electron chi connectivity index (χ0n) is 19.5. The highest BCUT2D eigenvalue weighted by molar-refractivity contribution is 5.98. The van der Waals surface area contributed by atoms with E-state index in [2.05, 4.69) is 63.4 Å². The highest BCUT2D eigenvalue weighted by Crippen LogP contribution is 2.45. The van der Waals surface area contributed by atoms with Crippen molar-refractivity contribution in [1.29, 1.82) is 0 Å². The van der Waals surface area contributed by atoms with Gasteiger partial charge >= 0.3 is 0 Å². The number of anilines is 2. The molecule has 2 aliphatic rings. The molecule has 1 aliphatic carbocycles. The first kappa shape index (κ1) is 20.6. The number of hydrogen-bond donors (Lipinski definition) is 0. The van der Waals surface area contributed by atoms with Crippen LogP contribution in [0, 0.1) is 0 Å². The summed E-state index contributed by atoms with van der Waals surface area (Å²) in [6.45, 7) is 0. The van der Waals surface area contributed by atoms with Crippen LogP contribution in [0.25, 0.3) is 33.3 Å². The Hall–Kier alpha value is -4.77. The average molecular weight is 467 g/mol. The Kier molecular flexibility index (Phi) is 4.84. The maximum absolute atomic E-state index is 6.29. The number of hydrogen-bond acceptors (Lipinski definition) is 5. The van der Waals surface area contributed by atoms with E-state index in [9.17, 15) is 0 Å². The van der Waals surface area contributed by atoms with E-state index < -0.39 is 0 Å². The number of benzene rings is 2. The van der Waals surface area contributed by atoms with Gasteiger partial charge in [-0.15, -0.1) is 0 Å². The van der Waals surface area contributed by atoms with Crippen LogP contribution in [0.1, 0.15) is 12.8 Å². The summed E-state index contributed by atoms with van der Waals surface area (Å²) in [7, 11) is 0. The number of para-hydroxylation sites is 2. The van der Waals surface area contributed by atoms with E-state index in [1.165, 1.54) is 0 Å². The summed E-state index contributed by atoms with van der Waals surface area (Å²) in [4.78, 5) is 16.1. The van der Waals surface area contributed by atoms with E-state index >= 15 is 0 Å². The fourth-order valence-corrected chi connectivity index (χ4v) is 4.98. The third-order valence-electron chi connectivity index (χ3n) is 6.66. The van der Waals surface area contributed by atoms with Crippen LogP contribution in [-0.2, 0) is 0 Å². The molecule has 0 N–H and O–H groups in total. The summed E-state index contributed by atoms with van der Waals surface area (Å²) in [5.41, 5.74) is 8.08. The minimum Gasteiger partial charge on any atom is -0.457 e. The van der Waals surface area contributed by atoms with Crippen molar-refractivity contribution in [2.45, 2.75) is 12.8 Å². The topological polar surface area (TPSA) is 51.1 Å². The summed E-state index contributed by atoms with van der Waals surface area (Å²) in [5.74, 6) is 1.88. The van der Waals surface area contributed by atoms with Gasteiger partial charge in [-0.05, 0) is 66.6 Å². The lowest BCUT2D eigenvalue weighted by atomic mass is 9.99. The molecule has 4 heterocycles. The fraction of sp³-hybridized carbons (Fsp3) is 0.0645. The largest absolute Gasteiger partial charge is 0.457 e. The van der Waals surface area contributed by atoms with E-state index in [-0.39, 0.29) is 0 Å². The first-order chi connectivity index (χ1) is 17.8. The molecule has 0 atom stereocenters. The fourth-order valence-electron chi connectivity index (χ4n) is 4.98. The maximum Gasteiger partial charge on any atom is 0.151 e. The predicted molar refractivity (Wildman–Crippen MR) is 143 cm³/mol. The van der Waals surface area contributed by atoms with Gasteiger partial charge < -0.3 is 9.64 Å². The minimum absolute atomic E-state index is 0.875. The van der Waals surface area contributed by atoms with E-state index in [0.29, 0.717) is 0 Å². The minimum atomic E-state index is 0.875. The van der Waals surface area contributed by atoms with Gasteiger partial charge in [0.05, 0.1) is 22.6 Å². The van der Waals surface area contributed by atoms with Crippen LogP contribution in [0.3, 0.4) is 0 Å². The molecule has 0 spiro atoms. The molecular weight excluding hydrogens is 444 g/mol. The average Bonchev–Trinajstić information content (AvgIpc) is 2.96. The second-order valence-electron chi connectivity index (χ2n) is 8.89. The Balaban J connectivity index is 1.46. The van der Waals surface area contributed by atoms with Gasteiger partial charge in [0, 0.05) is 53.4 Å². The molecule has 0 unspecified atom stereocenters. The quantitative estimate of drug-likeness (QED) is 0.276. The number of ether oxygens (including phenoxy) is 1. The number of aromatic nitrogens is 3. The smallest absolute Gasteiger partial charge is 0.151 e. The van der Waals surface area contributed by atoms with Crippen LogP contribution in [0.15, 0.2) is 121 Å². The van der Waals surface area contributed by atoms with Crippen molar-refractivity contribution in [3.8, 4) is 28.1 Å². The van der Waals surface area contributed by atoms with Crippen LogP contribution in [-0.4, -0.2) is 15.0 Å². The molecule has 0 radical (unpaired) electrons. The van der Waals surface area contributed by atoms with E-state index in [1.54, 1.807) is 12.4 Å². The number of allylic oxidation sites excluding steroid dienone is 3. The second-order valence-corrected chi connectivity index (χ2v) is 8.89. The monoisotopic (exact) mass is 466 g/mol. The third kappa shape index (κ3) is 3.45. The van der Waals surface area contributed by atoms with Crippen LogP contribution < -0.4 is 9.64 Å². The predicted octanol–water partition coefficient (Wildman–Crippen LogP) is 7.45. The first-order valence-electron chi connectivity index (χ1n) is 12.1. The van der Waals surface area contributed by atoms with Gasteiger partial charge in [0.2, 0.25) is 0 Å². The Morgan fingerprint density at radius 2 is 1.64 bits per heavy atom. The molecule has 172 valence electrons. The van der Waals surface area contributed by atoms with Crippen molar-refractivity contribution in [3.63, 3.8) is 0 Å². The van der Waals surface area contributed by atoms with Crippen molar-refractivity contribution in [2.24, 2.45) is 0 Å². The van der Waals surface area contributed by atoms with Crippen molar-refractivity contribution in [1.82, 2.24) is 15.0 Å². The van der Waals surface area contributed by atoms with Gasteiger partial charge in [0.25, 0.3) is 0 Å². The maximum atomic E-state index is 6.29. The highest BCUT2D eigenvalue weighted by Gasteiger charge is 2.28. The first-order valence-corrected chi connectivity index (χ1v) is 12.1. The number of nitrogens with zero attached hydrogens (tertiary/aromatic N) is 4. The van der Waals surface area contributed by atoms with Crippen LogP contribution in [0.2, 0.25) is 0 Å². The summed E-state index contributed by atoms with van der Waals surface area (Å²) in [5, 5.41) is 1.08. The Morgan fingerprint density at radius 1 is 0.806 bits per heavy atom. The van der Waals surface area contributed by atoms with Gasteiger partial charge in [-0.1, -0.05) is 30.3 Å². The van der Waals surface area contributed by atoms with Crippen LogP contribution >= 0.6 is 0 Å². The molecule has 0 bridgehead atoms. The van der Waals surface area contributed by atoms with E-state index in [0.717, 1.165) is 74.7 Å². The number of fused-ring (bicyclic) bond motifs is 2. The Morgan fingerprint density at radius 3 is 2.47 bits per heavy atom. The number of pyridine rings is 3. The Labute approximate surface area is 209 Å². The van der Waals surface area contributed by atoms with Crippen LogP contribution in [0.5, 0.6) is 5.75 Å². The lowest BCUT2D eigenvalue weighted by Crippen LogP contribution is -2.24. The van der Waals surface area contributed by atoms with Crippen molar-refractivity contribution < 1.29 is 4.74 Å². The molecule has 2 aromatic carbocycles. The molecule has 3 aromatic heterocycles. The van der Waals surface area contributed by atoms with Gasteiger partial charge in [-0.2, -0.15) is 0 Å². The molecule has 5 heteroatoms. The zero-order chi connectivity index (χ0) is 23.9. The van der Waals surface area contributed by atoms with Crippen molar-refractivity contribution in [2.75, 3.05) is 4.90 Å². The zero-order valence-corrected chi connectivity index (χ0v) is 19.5. The molecule has 1 aliphatic heterocycles. The lowest BCUT2D eigenvalue weighted by molar-refractivity contribution is 0.388. The molecule has 5 nitrogen and oxygen atoms in total. The van der Waals surface area contributed by atoms with Crippen molar-refractivity contribution >= 4 is 22.3 Å². The van der Waals surface area contributed by atoms with E-state index in [4.69, 9.17) is 9.72 Å². The standard InChI is InChI=1S/C31H22N4O/c1-3-11-30-28(9-1)35(29-10-2-4-12-31(29)36-30)23-13-14-24-25(21-7-5-15-32-19-21)18-26(34-27(24)17-23)22-8-6-16-33-20-22/h1-3,5-11,13-20H,4,12H2. The summed E-state index contributed by atoms with van der Waals surface area (Å²) >= 11 is 0. The highest BCUT2D eigenvalue weighted by atomic mass is 16.5. The number of rotatable bonds is 3. The third-order valence-corrected chi connectivity index (χ3v) is 6.66. The van der Waals surface area contributed by atoms with Gasteiger partial charge in [-0.3, -0.25) is 9.97 Å². The molecule has 5 aromatic rings. The molecule has 0 saturated carbocycles. The summed E-state index contributed by atoms with van der Waals surface area (Å²) in [6, 6.07) is 24.9. The summed E-state index contributed by atoms with van der Waals surface area (Å²) < 4.78 is 6.29. The summed E-state index contributed by atoms with van der Waals surface area (Å²) in [6.07, 6.45) is 13.6. The van der Waals surface area contributed by atoms with Gasteiger partial charge in [0.1, 0.15) is 5.76 Å². The Bertz CT molecular complexity index is 1660. The molecule has 7 rings (SSSR count). The molecule has 0 amide bonds. The molecule has 0 saturated heterocycles. The van der Waals surface area contributed by atoms with Crippen molar-refractivity contribution in [3.05, 3.63) is 121 Å². The van der Waals surface area contributed by atoms with Gasteiger partial charge in [0.15, 0.2) is 5.75 Å². The normalized spacial score (nSPS) is 14.4. The second kappa shape index (κ2) is 8.47. The van der Waals surface area contributed by atoms with Crippen LogP contribution in [0.4, 0.5) is 11.4 Å². The molecule has 36 heavy (non-hydrogen) atoms.